The van der Waals surface area contributed by atoms with Crippen molar-refractivity contribution in [3.8, 4) is 11.3 Å². The third-order valence-corrected chi connectivity index (χ3v) is 6.02. The monoisotopic (exact) mass is 421 g/mol. The number of nitrogens with one attached hydrogen (secondary N) is 1. The first kappa shape index (κ1) is 20.3. The number of piperidine rings is 1. The summed E-state index contributed by atoms with van der Waals surface area (Å²) in [6.45, 7) is 7.68. The molecule has 0 unspecified atom stereocenters. The lowest BCUT2D eigenvalue weighted by Gasteiger charge is -2.26. The summed E-state index contributed by atoms with van der Waals surface area (Å²) in [5.41, 5.74) is 5.15. The average Bonchev–Trinajstić information content (AvgIpc) is 2.85. The molecule has 5 heteroatoms. The predicted molar refractivity (Wildman–Crippen MR) is 131 cm³/mol. The molecule has 32 heavy (non-hydrogen) atoms. The highest BCUT2D eigenvalue weighted by molar-refractivity contribution is 5.89. The Kier molecular flexibility index (Phi) is 5.90. The minimum Gasteiger partial charge on any atom is -0.340 e. The van der Waals surface area contributed by atoms with E-state index in [0.29, 0.717) is 0 Å². The van der Waals surface area contributed by atoms with Crippen LogP contribution in [0.3, 0.4) is 0 Å². The van der Waals surface area contributed by atoms with Crippen molar-refractivity contribution < 1.29 is 0 Å². The molecule has 2 aromatic carbocycles. The fourth-order valence-electron chi connectivity index (χ4n) is 4.23. The third-order valence-electron chi connectivity index (χ3n) is 6.02. The van der Waals surface area contributed by atoms with Gasteiger partial charge in [0.05, 0.1) is 11.9 Å². The first-order valence-corrected chi connectivity index (χ1v) is 11.2. The van der Waals surface area contributed by atoms with Crippen molar-refractivity contribution in [2.75, 3.05) is 18.4 Å². The van der Waals surface area contributed by atoms with Crippen LogP contribution in [0.5, 0.6) is 0 Å². The zero-order valence-electron chi connectivity index (χ0n) is 18.2. The lowest BCUT2D eigenvalue weighted by molar-refractivity contribution is 0.221. The molecule has 1 N–H and O–H groups in total. The number of fused-ring (bicyclic) bond motifs is 1. The lowest BCUT2D eigenvalue weighted by atomic mass is 10.1. The number of benzene rings is 2. The van der Waals surface area contributed by atoms with Gasteiger partial charge in [0.15, 0.2) is 0 Å². The molecule has 0 spiro atoms. The van der Waals surface area contributed by atoms with E-state index < -0.39 is 0 Å². The average molecular weight is 422 g/mol. The quantitative estimate of drug-likeness (QED) is 0.429. The van der Waals surface area contributed by atoms with E-state index in [4.69, 9.17) is 0 Å². The van der Waals surface area contributed by atoms with E-state index in [1.165, 1.54) is 37.9 Å². The molecule has 0 bridgehead atoms. The van der Waals surface area contributed by atoms with Crippen LogP contribution in [0.4, 0.5) is 5.82 Å². The highest BCUT2D eigenvalue weighted by Crippen LogP contribution is 2.25. The van der Waals surface area contributed by atoms with E-state index in [2.05, 4.69) is 68.1 Å². The van der Waals surface area contributed by atoms with E-state index in [-0.39, 0.29) is 0 Å². The van der Waals surface area contributed by atoms with E-state index in [1.807, 2.05) is 18.3 Å². The van der Waals surface area contributed by atoms with Crippen LogP contribution in [0.25, 0.3) is 27.7 Å². The summed E-state index contributed by atoms with van der Waals surface area (Å²) in [6.07, 6.45) is 11.1. The molecule has 1 saturated heterocycles. The second kappa shape index (κ2) is 9.28. The molecule has 0 saturated carbocycles. The number of aromatic nitrogens is 3. The van der Waals surface area contributed by atoms with Gasteiger partial charge in [-0.1, -0.05) is 49.4 Å². The Morgan fingerprint density at radius 1 is 0.875 bits per heavy atom. The van der Waals surface area contributed by atoms with Crippen molar-refractivity contribution in [2.24, 2.45) is 0 Å². The smallest absolute Gasteiger partial charge is 0.130 e. The fraction of sp³-hybridized carbons (Fsp3) is 0.222. The summed E-state index contributed by atoms with van der Waals surface area (Å²) < 4.78 is 0. The van der Waals surface area contributed by atoms with Crippen LogP contribution in [0.15, 0.2) is 79.9 Å². The maximum atomic E-state index is 4.56. The van der Waals surface area contributed by atoms with Crippen LogP contribution in [-0.4, -0.2) is 32.9 Å². The van der Waals surface area contributed by atoms with Crippen molar-refractivity contribution in [1.82, 2.24) is 19.9 Å². The van der Waals surface area contributed by atoms with Crippen molar-refractivity contribution in [2.45, 2.75) is 25.8 Å². The molecule has 1 fully saturated rings. The minimum absolute atomic E-state index is 0.774. The van der Waals surface area contributed by atoms with Crippen molar-refractivity contribution in [3.05, 3.63) is 91.0 Å². The van der Waals surface area contributed by atoms with Gasteiger partial charge in [0, 0.05) is 41.8 Å². The second-order valence-corrected chi connectivity index (χ2v) is 8.36. The highest BCUT2D eigenvalue weighted by Gasteiger charge is 2.11. The molecule has 160 valence electrons. The molecule has 0 amide bonds. The topological polar surface area (TPSA) is 53.9 Å². The Morgan fingerprint density at radius 2 is 1.72 bits per heavy atom. The SMILES string of the molecule is C=C(Nc1cc2cc(-c3cnccn3)ccc2cn1)c1ccc(CN2CCCCC2)cc1. The Morgan fingerprint density at radius 3 is 2.50 bits per heavy atom. The summed E-state index contributed by atoms with van der Waals surface area (Å²) in [6, 6.07) is 17.0. The Balaban J connectivity index is 1.29. The van der Waals surface area contributed by atoms with Gasteiger partial charge in [0.2, 0.25) is 0 Å². The molecule has 2 aromatic heterocycles. The standard InChI is InChI=1S/C27H27N5/c1-20(22-7-5-21(6-8-22)19-32-13-3-2-4-14-32)31-27-16-25-15-23(9-10-24(25)17-30-27)26-18-28-11-12-29-26/h5-12,15-18H,1-4,13-14,19H2,(H,30,31). The summed E-state index contributed by atoms with van der Waals surface area (Å²) in [5.74, 6) is 0.774. The van der Waals surface area contributed by atoms with Gasteiger partial charge >= 0.3 is 0 Å². The molecule has 4 aromatic rings. The third kappa shape index (κ3) is 4.68. The van der Waals surface area contributed by atoms with Gasteiger partial charge < -0.3 is 5.32 Å². The number of nitrogens with zero attached hydrogens (tertiary/aromatic N) is 4. The predicted octanol–water partition coefficient (Wildman–Crippen LogP) is 5.76. The van der Waals surface area contributed by atoms with Gasteiger partial charge in [-0.3, -0.25) is 14.9 Å². The molecule has 0 aliphatic carbocycles. The highest BCUT2D eigenvalue weighted by atomic mass is 15.1. The number of pyridine rings is 1. The second-order valence-electron chi connectivity index (χ2n) is 8.36. The Bertz CT molecular complexity index is 1210. The summed E-state index contributed by atoms with van der Waals surface area (Å²) in [7, 11) is 0. The number of hydrogen-bond acceptors (Lipinski definition) is 5. The Hall–Kier alpha value is -3.57. The van der Waals surface area contributed by atoms with E-state index >= 15 is 0 Å². The molecular weight excluding hydrogens is 394 g/mol. The van der Waals surface area contributed by atoms with Crippen molar-refractivity contribution in [3.63, 3.8) is 0 Å². The molecule has 5 rings (SSSR count). The number of anilines is 1. The van der Waals surface area contributed by atoms with Crippen LogP contribution in [-0.2, 0) is 6.54 Å². The molecule has 5 nitrogen and oxygen atoms in total. The molecular formula is C27H27N5. The summed E-state index contributed by atoms with van der Waals surface area (Å²) in [5, 5.41) is 5.54. The maximum absolute atomic E-state index is 4.56. The Labute approximate surface area is 188 Å². The van der Waals surface area contributed by atoms with Gasteiger partial charge in [-0.2, -0.15) is 0 Å². The minimum atomic E-state index is 0.774. The van der Waals surface area contributed by atoms with E-state index in [0.717, 1.165) is 45.7 Å². The van der Waals surface area contributed by atoms with Crippen molar-refractivity contribution >= 4 is 22.3 Å². The van der Waals surface area contributed by atoms with Crippen LogP contribution < -0.4 is 5.32 Å². The summed E-state index contributed by atoms with van der Waals surface area (Å²) in [4.78, 5) is 15.7. The van der Waals surface area contributed by atoms with Gasteiger partial charge in [-0.25, -0.2) is 4.98 Å². The summed E-state index contributed by atoms with van der Waals surface area (Å²) >= 11 is 0. The maximum Gasteiger partial charge on any atom is 0.130 e. The normalized spacial score (nSPS) is 14.4. The van der Waals surface area contributed by atoms with Crippen LogP contribution in [0.2, 0.25) is 0 Å². The molecule has 0 radical (unpaired) electrons. The first-order chi connectivity index (χ1) is 15.7. The van der Waals surface area contributed by atoms with Crippen LogP contribution in [0, 0.1) is 0 Å². The van der Waals surface area contributed by atoms with Gasteiger partial charge in [0.1, 0.15) is 5.82 Å². The van der Waals surface area contributed by atoms with Crippen LogP contribution in [0.1, 0.15) is 30.4 Å². The molecule has 1 aliphatic rings. The zero-order valence-corrected chi connectivity index (χ0v) is 18.2. The van der Waals surface area contributed by atoms with Gasteiger partial charge in [-0.05, 0) is 54.6 Å². The fourth-order valence-corrected chi connectivity index (χ4v) is 4.23. The van der Waals surface area contributed by atoms with E-state index in [1.54, 1.807) is 18.6 Å². The largest absolute Gasteiger partial charge is 0.340 e. The molecule has 3 heterocycles. The van der Waals surface area contributed by atoms with Gasteiger partial charge in [0.25, 0.3) is 0 Å². The van der Waals surface area contributed by atoms with Crippen LogP contribution >= 0.6 is 0 Å². The van der Waals surface area contributed by atoms with Gasteiger partial charge in [-0.15, -0.1) is 0 Å². The first-order valence-electron chi connectivity index (χ1n) is 11.2. The number of rotatable bonds is 6. The van der Waals surface area contributed by atoms with Crippen molar-refractivity contribution in [1.29, 1.82) is 0 Å². The van der Waals surface area contributed by atoms with E-state index in [9.17, 15) is 0 Å². The zero-order chi connectivity index (χ0) is 21.8. The lowest BCUT2D eigenvalue weighted by Crippen LogP contribution is -2.29. The number of hydrogen-bond donors (Lipinski definition) is 1. The molecule has 0 atom stereocenters. The molecule has 1 aliphatic heterocycles. The number of likely N-dealkylation sites (tertiary alicyclic amines) is 1.